The normalized spacial score (nSPS) is 16.6. The summed E-state index contributed by atoms with van der Waals surface area (Å²) in [5.74, 6) is 1.32. The Bertz CT molecular complexity index is 635. The summed E-state index contributed by atoms with van der Waals surface area (Å²) in [5, 5.41) is 13.4. The molecule has 2 fully saturated rings. The smallest absolute Gasteiger partial charge is 0.410 e. The molecule has 2 aliphatic rings. The van der Waals surface area contributed by atoms with Crippen LogP contribution in [0.4, 0.5) is 16.4 Å². The van der Waals surface area contributed by atoms with Crippen molar-refractivity contribution in [3.05, 3.63) is 22.5 Å². The molecule has 1 N–H and O–H groups in total. The van der Waals surface area contributed by atoms with Gasteiger partial charge in [0.05, 0.1) is 4.92 Å². The molecule has 1 aromatic rings. The molecule has 1 saturated carbocycles. The highest BCUT2D eigenvalue weighted by Gasteiger charge is 2.23. The van der Waals surface area contributed by atoms with Crippen molar-refractivity contribution in [2.75, 3.05) is 25.0 Å². The van der Waals surface area contributed by atoms with E-state index < -0.39 is 4.92 Å². The lowest BCUT2D eigenvalue weighted by molar-refractivity contribution is -0.385. The number of nitrogens with zero attached hydrogens (tertiary/aromatic N) is 4. The van der Waals surface area contributed by atoms with Crippen molar-refractivity contribution in [3.63, 3.8) is 0 Å². The average Bonchev–Trinajstić information content (AvgIpc) is 3.46. The predicted octanol–water partition coefficient (Wildman–Crippen LogP) is 4.00. The average molecular weight is 393 g/mol. The van der Waals surface area contributed by atoms with Crippen LogP contribution < -0.4 is 5.32 Å². The Morgan fingerprint density at radius 2 is 1.86 bits per heavy atom. The van der Waals surface area contributed by atoms with Crippen molar-refractivity contribution in [2.45, 2.75) is 64.9 Å². The van der Waals surface area contributed by atoms with E-state index >= 15 is 0 Å². The van der Waals surface area contributed by atoms with Crippen LogP contribution in [0.1, 0.15) is 59.3 Å². The minimum atomic E-state index is -0.506. The molecule has 1 aromatic heterocycles. The van der Waals surface area contributed by atoms with E-state index in [4.69, 9.17) is 4.74 Å². The Hall–Kier alpha value is -2.45. The maximum atomic E-state index is 11.5. The first kappa shape index (κ1) is 21.8. The van der Waals surface area contributed by atoms with E-state index in [9.17, 15) is 14.9 Å². The van der Waals surface area contributed by atoms with E-state index in [1.165, 1.54) is 31.7 Å². The van der Waals surface area contributed by atoms with Crippen LogP contribution in [0.2, 0.25) is 0 Å². The predicted molar refractivity (Wildman–Crippen MR) is 106 cm³/mol. The summed E-state index contributed by atoms with van der Waals surface area (Å²) >= 11 is 0. The lowest BCUT2D eigenvalue weighted by atomic mass is 10.1. The number of nitrogens with one attached hydrogen (secondary N) is 1. The van der Waals surface area contributed by atoms with Crippen LogP contribution in [0.3, 0.4) is 0 Å². The van der Waals surface area contributed by atoms with Crippen LogP contribution in [0.15, 0.2) is 12.4 Å². The molecule has 1 amide bonds. The summed E-state index contributed by atoms with van der Waals surface area (Å²) in [6, 6.07) is 0. The van der Waals surface area contributed by atoms with Crippen molar-refractivity contribution < 1.29 is 14.5 Å². The third kappa shape index (κ3) is 8.49. The second kappa shape index (κ2) is 10.2. The minimum absolute atomic E-state index is 0.0808. The molecule has 156 valence electrons. The van der Waals surface area contributed by atoms with E-state index in [1.807, 2.05) is 20.8 Å². The second-order valence-electron chi connectivity index (χ2n) is 8.21. The monoisotopic (exact) mass is 393 g/mol. The number of ether oxygens (including phenoxy) is 1. The fraction of sp³-hybridized carbons (Fsp3) is 0.737. The number of piperidine rings is 1. The molecular formula is C19H31N5O4. The Labute approximate surface area is 166 Å². The van der Waals surface area contributed by atoms with Crippen LogP contribution >= 0.6 is 0 Å². The summed E-state index contributed by atoms with van der Waals surface area (Å²) in [7, 11) is 0. The molecule has 0 spiro atoms. The van der Waals surface area contributed by atoms with E-state index in [0.29, 0.717) is 5.95 Å². The zero-order valence-electron chi connectivity index (χ0n) is 17.0. The SMILES string of the molecule is CC(C)(C)OC(=O)N1CCCCC1.O=[N+]([O-])c1cnc(NCCC2CC2)nc1. The van der Waals surface area contributed by atoms with Crippen molar-refractivity contribution in [3.8, 4) is 0 Å². The Balaban J connectivity index is 0.000000203. The second-order valence-corrected chi connectivity index (χ2v) is 8.21. The highest BCUT2D eigenvalue weighted by atomic mass is 16.6. The standard InChI is InChI=1S/C10H19NO2.C9H12N4O2/c1-10(2,3)13-9(12)11-7-5-4-6-8-11;14-13(15)8-5-11-9(12-6-8)10-4-3-7-1-2-7/h4-8H2,1-3H3;5-7H,1-4H2,(H,10,11,12). The first-order valence-electron chi connectivity index (χ1n) is 9.93. The highest BCUT2D eigenvalue weighted by molar-refractivity contribution is 5.68. The molecule has 3 rings (SSSR count). The summed E-state index contributed by atoms with van der Waals surface area (Å²) in [6.45, 7) is 8.24. The zero-order valence-corrected chi connectivity index (χ0v) is 17.0. The van der Waals surface area contributed by atoms with Crippen LogP contribution in [0, 0.1) is 16.0 Å². The van der Waals surface area contributed by atoms with Gasteiger partial charge in [0.1, 0.15) is 18.0 Å². The lowest BCUT2D eigenvalue weighted by Gasteiger charge is -2.29. The summed E-state index contributed by atoms with van der Waals surface area (Å²) < 4.78 is 5.26. The van der Waals surface area contributed by atoms with E-state index in [1.54, 1.807) is 4.90 Å². The van der Waals surface area contributed by atoms with Crippen molar-refractivity contribution in [1.82, 2.24) is 14.9 Å². The zero-order chi connectivity index (χ0) is 20.6. The maximum Gasteiger partial charge on any atom is 0.410 e. The van der Waals surface area contributed by atoms with Gasteiger partial charge in [0.25, 0.3) is 0 Å². The van der Waals surface area contributed by atoms with Crippen molar-refractivity contribution in [1.29, 1.82) is 0 Å². The molecule has 9 heteroatoms. The maximum absolute atomic E-state index is 11.5. The van der Waals surface area contributed by atoms with E-state index in [0.717, 1.165) is 44.8 Å². The van der Waals surface area contributed by atoms with Gasteiger partial charge in [0, 0.05) is 19.6 Å². The molecule has 1 aliphatic carbocycles. The Kier molecular flexibility index (Phi) is 7.95. The van der Waals surface area contributed by atoms with Crippen LogP contribution in [-0.4, -0.2) is 51.1 Å². The first-order chi connectivity index (χ1) is 13.2. The molecule has 0 atom stereocenters. The molecule has 0 radical (unpaired) electrons. The number of nitro groups is 1. The van der Waals surface area contributed by atoms with Gasteiger partial charge in [0.2, 0.25) is 5.95 Å². The minimum Gasteiger partial charge on any atom is -0.444 e. The fourth-order valence-electron chi connectivity index (χ4n) is 2.70. The largest absolute Gasteiger partial charge is 0.444 e. The summed E-state index contributed by atoms with van der Waals surface area (Å²) in [4.78, 5) is 30.8. The van der Waals surface area contributed by atoms with Crippen LogP contribution in [-0.2, 0) is 4.74 Å². The first-order valence-corrected chi connectivity index (χ1v) is 9.93. The number of anilines is 1. The number of likely N-dealkylation sites (tertiary alicyclic amines) is 1. The fourth-order valence-corrected chi connectivity index (χ4v) is 2.70. The number of aromatic nitrogens is 2. The van der Waals surface area contributed by atoms with Crippen molar-refractivity contribution in [2.24, 2.45) is 5.92 Å². The van der Waals surface area contributed by atoms with Gasteiger partial charge in [-0.1, -0.05) is 12.8 Å². The molecule has 28 heavy (non-hydrogen) atoms. The van der Waals surface area contributed by atoms with Gasteiger partial charge in [-0.2, -0.15) is 0 Å². The number of hydrogen-bond donors (Lipinski definition) is 1. The molecule has 2 heterocycles. The van der Waals surface area contributed by atoms with Crippen LogP contribution in [0.25, 0.3) is 0 Å². The van der Waals surface area contributed by atoms with Gasteiger partial charge in [-0.05, 0) is 52.4 Å². The number of amides is 1. The van der Waals surface area contributed by atoms with Gasteiger partial charge < -0.3 is 15.0 Å². The third-order valence-electron chi connectivity index (χ3n) is 4.39. The van der Waals surface area contributed by atoms with E-state index in [-0.39, 0.29) is 17.4 Å². The number of carbonyl (C=O) groups excluding carboxylic acids is 1. The van der Waals surface area contributed by atoms with Gasteiger partial charge >= 0.3 is 11.8 Å². The van der Waals surface area contributed by atoms with Crippen molar-refractivity contribution >= 4 is 17.7 Å². The Morgan fingerprint density at radius 1 is 1.25 bits per heavy atom. The molecule has 1 aliphatic heterocycles. The molecule has 0 bridgehead atoms. The molecule has 0 unspecified atom stereocenters. The Morgan fingerprint density at radius 3 is 2.36 bits per heavy atom. The van der Waals surface area contributed by atoms with Crippen LogP contribution in [0.5, 0.6) is 0 Å². The summed E-state index contributed by atoms with van der Waals surface area (Å²) in [5.41, 5.74) is -0.447. The van der Waals surface area contributed by atoms with E-state index in [2.05, 4.69) is 15.3 Å². The number of hydrogen-bond acceptors (Lipinski definition) is 7. The lowest BCUT2D eigenvalue weighted by Crippen LogP contribution is -2.39. The molecular weight excluding hydrogens is 362 g/mol. The quantitative estimate of drug-likeness (QED) is 0.594. The number of rotatable bonds is 5. The van der Waals surface area contributed by atoms with Gasteiger partial charge in [-0.15, -0.1) is 0 Å². The van der Waals surface area contributed by atoms with Gasteiger partial charge in [-0.3, -0.25) is 10.1 Å². The molecule has 1 saturated heterocycles. The topological polar surface area (TPSA) is 110 Å². The molecule has 0 aromatic carbocycles. The molecule has 9 nitrogen and oxygen atoms in total. The highest BCUT2D eigenvalue weighted by Crippen LogP contribution is 2.31. The third-order valence-corrected chi connectivity index (χ3v) is 4.39. The summed E-state index contributed by atoms with van der Waals surface area (Å²) in [6.07, 6.45) is 9.50. The van der Waals surface area contributed by atoms with Gasteiger partial charge in [-0.25, -0.2) is 14.8 Å². The number of carbonyl (C=O) groups is 1. The van der Waals surface area contributed by atoms with Gasteiger partial charge in [0.15, 0.2) is 0 Å².